The van der Waals surface area contributed by atoms with Gasteiger partial charge in [-0.1, -0.05) is 79.7 Å². The fraction of sp³-hybridized carbons (Fsp3) is 0.727. The van der Waals surface area contributed by atoms with E-state index in [1.807, 2.05) is 6.07 Å². The molecule has 0 radical (unpaired) electrons. The second-order valence-corrected chi connectivity index (χ2v) is 11.0. The minimum atomic E-state index is -3.84. The molecule has 4 nitrogen and oxygen atoms in total. The van der Waals surface area contributed by atoms with Gasteiger partial charge in [0.05, 0.1) is 6.61 Å². The number of unbranched alkanes of at least 4 members (excludes halogenated alkanes) is 5. The van der Waals surface area contributed by atoms with E-state index in [0.29, 0.717) is 12.4 Å². The van der Waals surface area contributed by atoms with Crippen molar-refractivity contribution >= 4 is 10.0 Å². The van der Waals surface area contributed by atoms with Gasteiger partial charge in [0.2, 0.25) is 10.0 Å². The summed E-state index contributed by atoms with van der Waals surface area (Å²) in [5.74, 6) is 0.362. The van der Waals surface area contributed by atoms with E-state index in [4.69, 9.17) is 9.88 Å². The normalized spacial score (nSPS) is 13.0. The highest BCUT2D eigenvalue weighted by Crippen LogP contribution is 2.38. The zero-order valence-electron chi connectivity index (χ0n) is 18.1. The van der Waals surface area contributed by atoms with Crippen molar-refractivity contribution in [1.82, 2.24) is 0 Å². The summed E-state index contributed by atoms with van der Waals surface area (Å²) in [6, 6.07) is 5.42. The van der Waals surface area contributed by atoms with Crippen molar-refractivity contribution in [2.75, 3.05) is 6.61 Å². The number of hydrogen-bond donors (Lipinski definition) is 1. The molecule has 0 aliphatic heterocycles. The Balaban J connectivity index is 2.89. The molecule has 5 heteroatoms. The second-order valence-electron chi connectivity index (χ2n) is 9.44. The van der Waals surface area contributed by atoms with E-state index in [1.54, 1.807) is 12.1 Å². The Morgan fingerprint density at radius 3 is 2.11 bits per heavy atom. The highest BCUT2D eigenvalue weighted by Gasteiger charge is 2.29. The number of rotatable bonds is 11. The van der Waals surface area contributed by atoms with Gasteiger partial charge >= 0.3 is 0 Å². The van der Waals surface area contributed by atoms with Crippen LogP contribution >= 0.6 is 0 Å². The third-order valence-electron chi connectivity index (χ3n) is 4.76. The van der Waals surface area contributed by atoms with Crippen molar-refractivity contribution < 1.29 is 13.2 Å². The fourth-order valence-corrected chi connectivity index (χ4v) is 4.46. The van der Waals surface area contributed by atoms with Crippen LogP contribution in [0.2, 0.25) is 0 Å². The van der Waals surface area contributed by atoms with Crippen LogP contribution in [0.5, 0.6) is 5.75 Å². The van der Waals surface area contributed by atoms with Crippen LogP contribution in [0.25, 0.3) is 0 Å². The Morgan fingerprint density at radius 2 is 1.56 bits per heavy atom. The molecule has 27 heavy (non-hydrogen) atoms. The number of ether oxygens (including phenoxy) is 1. The van der Waals surface area contributed by atoms with Crippen LogP contribution in [0.15, 0.2) is 23.1 Å². The quantitative estimate of drug-likeness (QED) is 0.481. The molecule has 0 bridgehead atoms. The van der Waals surface area contributed by atoms with Gasteiger partial charge in [0.25, 0.3) is 0 Å². The van der Waals surface area contributed by atoms with Gasteiger partial charge in [-0.2, -0.15) is 0 Å². The van der Waals surface area contributed by atoms with Gasteiger partial charge < -0.3 is 4.74 Å². The minimum absolute atomic E-state index is 0.0907. The number of sulfonamides is 1. The van der Waals surface area contributed by atoms with E-state index in [-0.39, 0.29) is 15.7 Å². The third kappa shape index (κ3) is 8.65. The number of primary sulfonamides is 1. The predicted octanol–water partition coefficient (Wildman–Crippen LogP) is 5.79. The molecule has 0 aromatic heterocycles. The Kier molecular flexibility index (Phi) is 8.81. The second kappa shape index (κ2) is 9.92. The molecule has 0 amide bonds. The molecule has 0 fully saturated rings. The Hall–Kier alpha value is -1.07. The van der Waals surface area contributed by atoms with Gasteiger partial charge in [0, 0.05) is 0 Å². The molecule has 0 unspecified atom stereocenters. The lowest BCUT2D eigenvalue weighted by atomic mass is 9.72. The molecular weight excluding hydrogens is 358 g/mol. The molecule has 0 spiro atoms. The number of hydrogen-bond acceptors (Lipinski definition) is 3. The largest absolute Gasteiger partial charge is 0.492 e. The van der Waals surface area contributed by atoms with Crippen LogP contribution in [-0.4, -0.2) is 15.0 Å². The average Bonchev–Trinajstić information content (AvgIpc) is 2.50. The molecule has 0 aliphatic carbocycles. The summed E-state index contributed by atoms with van der Waals surface area (Å²) in [6.45, 7) is 13.5. The summed E-state index contributed by atoms with van der Waals surface area (Å²) in [7, 11) is -3.84. The first-order chi connectivity index (χ1) is 12.4. The lowest BCUT2D eigenvalue weighted by molar-refractivity contribution is 0.281. The molecule has 1 aromatic carbocycles. The summed E-state index contributed by atoms with van der Waals surface area (Å²) in [5.41, 5.74) is 0.946. The van der Waals surface area contributed by atoms with Crippen molar-refractivity contribution in [3.05, 3.63) is 23.8 Å². The van der Waals surface area contributed by atoms with E-state index in [9.17, 15) is 8.42 Å². The molecule has 0 aliphatic rings. The van der Waals surface area contributed by atoms with Crippen LogP contribution < -0.4 is 9.88 Å². The zero-order chi connectivity index (χ0) is 20.7. The first-order valence-electron chi connectivity index (χ1n) is 10.2. The lowest BCUT2D eigenvalue weighted by Crippen LogP contribution is -2.25. The Bertz CT molecular complexity index is 688. The summed E-state index contributed by atoms with van der Waals surface area (Å²) in [6.07, 6.45) is 7.89. The van der Waals surface area contributed by atoms with Crippen LogP contribution in [-0.2, 0) is 15.4 Å². The highest BCUT2D eigenvalue weighted by atomic mass is 32.2. The van der Waals surface area contributed by atoms with E-state index in [1.165, 1.54) is 25.7 Å². The van der Waals surface area contributed by atoms with Crippen molar-refractivity contribution in [1.29, 1.82) is 0 Å². The molecule has 156 valence electrons. The number of benzene rings is 1. The summed E-state index contributed by atoms with van der Waals surface area (Å²) in [5, 5.41) is 5.47. The fourth-order valence-electron chi connectivity index (χ4n) is 3.76. The van der Waals surface area contributed by atoms with Crippen LogP contribution in [0.3, 0.4) is 0 Å². The first kappa shape index (κ1) is 24.0. The van der Waals surface area contributed by atoms with Gasteiger partial charge in [-0.3, -0.25) is 0 Å². The molecule has 2 N–H and O–H groups in total. The van der Waals surface area contributed by atoms with E-state index in [2.05, 4.69) is 41.5 Å². The van der Waals surface area contributed by atoms with Crippen molar-refractivity contribution in [2.24, 2.45) is 10.6 Å². The smallest absolute Gasteiger partial charge is 0.241 e. The molecule has 0 heterocycles. The maximum atomic E-state index is 12.1. The molecule has 0 saturated carbocycles. The molecule has 1 aromatic rings. The van der Waals surface area contributed by atoms with Crippen molar-refractivity contribution in [3.8, 4) is 5.75 Å². The molecule has 1 rings (SSSR count). The zero-order valence-corrected chi connectivity index (χ0v) is 18.9. The highest BCUT2D eigenvalue weighted by molar-refractivity contribution is 7.89. The van der Waals surface area contributed by atoms with Crippen LogP contribution in [0.4, 0.5) is 0 Å². The monoisotopic (exact) mass is 397 g/mol. The topological polar surface area (TPSA) is 69.4 Å². The van der Waals surface area contributed by atoms with Crippen LogP contribution in [0, 0.1) is 5.41 Å². The van der Waals surface area contributed by atoms with Gasteiger partial charge in [-0.05, 0) is 41.4 Å². The van der Waals surface area contributed by atoms with Gasteiger partial charge in [0.15, 0.2) is 0 Å². The maximum absolute atomic E-state index is 12.1. The Morgan fingerprint density at radius 1 is 0.963 bits per heavy atom. The van der Waals surface area contributed by atoms with Crippen LogP contribution in [0.1, 0.15) is 92.1 Å². The maximum Gasteiger partial charge on any atom is 0.241 e. The molecule has 0 atom stereocenters. The molecule has 0 saturated heterocycles. The van der Waals surface area contributed by atoms with Crippen molar-refractivity contribution in [2.45, 2.75) is 96.8 Å². The van der Waals surface area contributed by atoms with E-state index in [0.717, 1.165) is 24.8 Å². The van der Waals surface area contributed by atoms with E-state index >= 15 is 0 Å². The van der Waals surface area contributed by atoms with Crippen molar-refractivity contribution in [3.63, 3.8) is 0 Å². The first-order valence-corrected chi connectivity index (χ1v) is 11.7. The summed E-state index contributed by atoms with van der Waals surface area (Å²) < 4.78 is 30.0. The standard InChI is InChI=1S/C22H39NO3S/c1-7-8-9-10-11-12-15-26-19-14-13-18(16-20(19)27(23,24)25)22(5,6)17-21(2,3)4/h13-14,16H,7-12,15,17H2,1-6H3,(H2,23,24,25). The van der Waals surface area contributed by atoms with Gasteiger partial charge in [-0.25, -0.2) is 13.6 Å². The minimum Gasteiger partial charge on any atom is -0.492 e. The summed E-state index contributed by atoms with van der Waals surface area (Å²) >= 11 is 0. The average molecular weight is 398 g/mol. The predicted molar refractivity (Wildman–Crippen MR) is 114 cm³/mol. The number of nitrogens with two attached hydrogens (primary N) is 1. The lowest BCUT2D eigenvalue weighted by Gasteiger charge is -2.33. The van der Waals surface area contributed by atoms with Gasteiger partial charge in [0.1, 0.15) is 10.6 Å². The van der Waals surface area contributed by atoms with E-state index < -0.39 is 10.0 Å². The Labute approximate surface area is 166 Å². The summed E-state index contributed by atoms with van der Waals surface area (Å²) in [4.78, 5) is 0.0907. The third-order valence-corrected chi connectivity index (χ3v) is 5.69. The van der Waals surface area contributed by atoms with Gasteiger partial charge in [-0.15, -0.1) is 0 Å². The molecular formula is C22H39NO3S. The SMILES string of the molecule is CCCCCCCCOc1ccc(C(C)(C)CC(C)(C)C)cc1S(N)(=O)=O.